The van der Waals surface area contributed by atoms with Gasteiger partial charge in [-0.3, -0.25) is 0 Å². The van der Waals surface area contributed by atoms with Gasteiger partial charge in [0.15, 0.2) is 0 Å². The molecular formula is C23H31N3O2. The lowest BCUT2D eigenvalue weighted by molar-refractivity contribution is 0.118. The van der Waals surface area contributed by atoms with Gasteiger partial charge in [0.25, 0.3) is 0 Å². The Hall–Kier alpha value is -2.37. The first-order valence-corrected chi connectivity index (χ1v) is 10.1. The summed E-state index contributed by atoms with van der Waals surface area (Å²) in [7, 11) is 2.04. The third-order valence-electron chi connectivity index (χ3n) is 5.60. The minimum atomic E-state index is -0.164. The Labute approximate surface area is 168 Å². The minimum absolute atomic E-state index is 0.0152. The van der Waals surface area contributed by atoms with E-state index in [0.717, 1.165) is 37.1 Å². The lowest BCUT2D eigenvalue weighted by Gasteiger charge is -2.37. The SMILES string of the molecule is Cc1cccc([C@@H](NC(=O)N2CCC(N(C)CCO)CC2)c2ccccc2)c1. The molecule has 3 rings (SSSR count). The van der Waals surface area contributed by atoms with E-state index in [4.69, 9.17) is 5.11 Å². The Morgan fingerprint density at radius 2 is 1.82 bits per heavy atom. The van der Waals surface area contributed by atoms with Crippen LogP contribution in [0.5, 0.6) is 0 Å². The van der Waals surface area contributed by atoms with Crippen molar-refractivity contribution in [1.82, 2.24) is 15.1 Å². The predicted octanol–water partition coefficient (Wildman–Crippen LogP) is 3.18. The normalized spacial score (nSPS) is 16.2. The minimum Gasteiger partial charge on any atom is -0.395 e. The van der Waals surface area contributed by atoms with Crippen LogP contribution < -0.4 is 5.32 Å². The van der Waals surface area contributed by atoms with E-state index in [0.29, 0.717) is 12.6 Å². The molecule has 150 valence electrons. The highest BCUT2D eigenvalue weighted by molar-refractivity contribution is 5.75. The zero-order valence-corrected chi connectivity index (χ0v) is 16.8. The topological polar surface area (TPSA) is 55.8 Å². The molecule has 1 aliphatic rings. The number of urea groups is 1. The molecule has 0 saturated carbocycles. The van der Waals surface area contributed by atoms with Gasteiger partial charge in [-0.05, 0) is 37.9 Å². The summed E-state index contributed by atoms with van der Waals surface area (Å²) in [5.74, 6) is 0. The maximum atomic E-state index is 13.0. The van der Waals surface area contributed by atoms with Crippen LogP contribution in [0.15, 0.2) is 54.6 Å². The number of benzene rings is 2. The summed E-state index contributed by atoms with van der Waals surface area (Å²) < 4.78 is 0. The van der Waals surface area contributed by atoms with Crippen LogP contribution in [-0.2, 0) is 0 Å². The molecule has 0 aromatic heterocycles. The van der Waals surface area contributed by atoms with Crippen LogP contribution in [0.1, 0.15) is 35.6 Å². The van der Waals surface area contributed by atoms with Crippen LogP contribution >= 0.6 is 0 Å². The standard InChI is InChI=1S/C23H31N3O2/c1-18-7-6-10-20(17-18)22(19-8-4-3-5-9-19)24-23(28)26-13-11-21(12-14-26)25(2)15-16-27/h3-10,17,21-22,27H,11-16H2,1-2H3,(H,24,28)/t22-/m0/s1. The zero-order chi connectivity index (χ0) is 19.9. The summed E-state index contributed by atoms with van der Waals surface area (Å²) in [4.78, 5) is 17.1. The molecule has 5 nitrogen and oxygen atoms in total. The van der Waals surface area contributed by atoms with E-state index >= 15 is 0 Å². The van der Waals surface area contributed by atoms with Crippen molar-refractivity contribution in [1.29, 1.82) is 0 Å². The van der Waals surface area contributed by atoms with E-state index in [-0.39, 0.29) is 18.7 Å². The van der Waals surface area contributed by atoms with Gasteiger partial charge in [-0.15, -0.1) is 0 Å². The smallest absolute Gasteiger partial charge is 0.318 e. The molecular weight excluding hydrogens is 350 g/mol. The van der Waals surface area contributed by atoms with Crippen LogP contribution in [0, 0.1) is 6.92 Å². The Kier molecular flexibility index (Phi) is 7.06. The van der Waals surface area contributed by atoms with Gasteiger partial charge < -0.3 is 20.2 Å². The van der Waals surface area contributed by atoms with Crippen molar-refractivity contribution in [2.24, 2.45) is 0 Å². The lowest BCUT2D eigenvalue weighted by Crippen LogP contribution is -2.49. The molecule has 1 atom stereocenters. The summed E-state index contributed by atoms with van der Waals surface area (Å²) in [6, 6.07) is 18.7. The van der Waals surface area contributed by atoms with Crippen molar-refractivity contribution in [3.05, 3.63) is 71.3 Å². The number of piperidine rings is 1. The number of likely N-dealkylation sites (tertiary alicyclic amines) is 1. The molecule has 2 amide bonds. The summed E-state index contributed by atoms with van der Waals surface area (Å²) in [6.07, 6.45) is 1.87. The van der Waals surface area contributed by atoms with Gasteiger partial charge in [0.1, 0.15) is 0 Å². The molecule has 2 N–H and O–H groups in total. The van der Waals surface area contributed by atoms with Crippen LogP contribution in [-0.4, -0.2) is 60.3 Å². The number of amides is 2. The van der Waals surface area contributed by atoms with Crippen molar-refractivity contribution in [2.45, 2.75) is 31.8 Å². The number of carbonyl (C=O) groups excluding carboxylic acids is 1. The van der Waals surface area contributed by atoms with E-state index in [1.54, 1.807) is 0 Å². The molecule has 0 unspecified atom stereocenters. The van der Waals surface area contributed by atoms with Crippen molar-refractivity contribution in [2.75, 3.05) is 33.3 Å². The number of nitrogens with zero attached hydrogens (tertiary/aromatic N) is 2. The number of aryl methyl sites for hydroxylation is 1. The zero-order valence-electron chi connectivity index (χ0n) is 16.8. The molecule has 1 fully saturated rings. The summed E-state index contributed by atoms with van der Waals surface area (Å²) >= 11 is 0. The second-order valence-corrected chi connectivity index (χ2v) is 7.63. The molecule has 5 heteroatoms. The third-order valence-corrected chi connectivity index (χ3v) is 5.60. The van der Waals surface area contributed by atoms with E-state index < -0.39 is 0 Å². The molecule has 2 aromatic carbocycles. The van der Waals surface area contributed by atoms with Gasteiger partial charge in [-0.1, -0.05) is 60.2 Å². The molecule has 0 aliphatic carbocycles. The monoisotopic (exact) mass is 381 g/mol. The molecule has 28 heavy (non-hydrogen) atoms. The summed E-state index contributed by atoms with van der Waals surface area (Å²) in [6.45, 7) is 4.40. The first kappa shape index (κ1) is 20.4. The second-order valence-electron chi connectivity index (χ2n) is 7.63. The van der Waals surface area contributed by atoms with Crippen LogP contribution in [0.3, 0.4) is 0 Å². The van der Waals surface area contributed by atoms with Gasteiger partial charge >= 0.3 is 6.03 Å². The Balaban J connectivity index is 1.69. The number of likely N-dealkylation sites (N-methyl/N-ethyl adjacent to an activating group) is 1. The number of hydrogen-bond acceptors (Lipinski definition) is 3. The van der Waals surface area contributed by atoms with Crippen LogP contribution in [0.25, 0.3) is 0 Å². The predicted molar refractivity (Wildman–Crippen MR) is 112 cm³/mol. The fraction of sp³-hybridized carbons (Fsp3) is 0.435. The lowest BCUT2D eigenvalue weighted by atomic mass is 9.97. The van der Waals surface area contributed by atoms with Crippen LogP contribution in [0.2, 0.25) is 0 Å². The maximum Gasteiger partial charge on any atom is 0.318 e. The van der Waals surface area contributed by atoms with Crippen molar-refractivity contribution in [3.63, 3.8) is 0 Å². The fourth-order valence-corrected chi connectivity index (χ4v) is 3.92. The third kappa shape index (κ3) is 5.12. The number of aliphatic hydroxyl groups is 1. The van der Waals surface area contributed by atoms with Crippen LogP contribution in [0.4, 0.5) is 4.79 Å². The summed E-state index contributed by atoms with van der Waals surface area (Å²) in [5, 5.41) is 12.4. The molecule has 0 radical (unpaired) electrons. The Morgan fingerprint density at radius 1 is 1.14 bits per heavy atom. The molecule has 0 spiro atoms. The largest absolute Gasteiger partial charge is 0.395 e. The van der Waals surface area contributed by atoms with Gasteiger partial charge in [0.2, 0.25) is 0 Å². The first-order valence-electron chi connectivity index (χ1n) is 10.1. The average molecular weight is 382 g/mol. The average Bonchev–Trinajstić information content (AvgIpc) is 2.73. The van der Waals surface area contributed by atoms with E-state index in [1.807, 2.05) is 36.2 Å². The quantitative estimate of drug-likeness (QED) is 0.808. The highest BCUT2D eigenvalue weighted by Gasteiger charge is 2.27. The second kappa shape index (κ2) is 9.71. The Bertz CT molecular complexity index is 757. The van der Waals surface area contributed by atoms with Gasteiger partial charge in [-0.25, -0.2) is 4.79 Å². The Morgan fingerprint density at radius 3 is 2.46 bits per heavy atom. The molecule has 2 aromatic rings. The van der Waals surface area contributed by atoms with Gasteiger partial charge in [-0.2, -0.15) is 0 Å². The van der Waals surface area contributed by atoms with E-state index in [2.05, 4.69) is 47.5 Å². The number of carbonyl (C=O) groups is 1. The number of aliphatic hydroxyl groups excluding tert-OH is 1. The van der Waals surface area contributed by atoms with E-state index in [1.165, 1.54) is 5.56 Å². The first-order chi connectivity index (χ1) is 13.6. The molecule has 1 saturated heterocycles. The fourth-order valence-electron chi connectivity index (χ4n) is 3.92. The molecule has 1 aliphatic heterocycles. The van der Waals surface area contributed by atoms with Gasteiger partial charge in [0.05, 0.1) is 12.6 Å². The number of hydrogen-bond donors (Lipinski definition) is 2. The maximum absolute atomic E-state index is 13.0. The summed E-state index contributed by atoms with van der Waals surface area (Å²) in [5.41, 5.74) is 3.36. The van der Waals surface area contributed by atoms with Gasteiger partial charge in [0, 0.05) is 25.7 Å². The number of nitrogens with one attached hydrogen (secondary N) is 1. The van der Waals surface area contributed by atoms with E-state index in [9.17, 15) is 4.79 Å². The van der Waals surface area contributed by atoms with Crippen molar-refractivity contribution >= 4 is 6.03 Å². The highest BCUT2D eigenvalue weighted by Crippen LogP contribution is 2.24. The highest BCUT2D eigenvalue weighted by atomic mass is 16.3. The molecule has 0 bridgehead atoms. The molecule has 1 heterocycles. The van der Waals surface area contributed by atoms with Crippen molar-refractivity contribution in [3.8, 4) is 0 Å². The van der Waals surface area contributed by atoms with Crippen molar-refractivity contribution < 1.29 is 9.90 Å². The number of rotatable bonds is 6.